The van der Waals surface area contributed by atoms with Gasteiger partial charge in [0.2, 0.25) is 5.91 Å². The number of β-amino-alcohol motifs (C(OH)–C–C–N with tert-alkyl or cyclic N) is 1. The van der Waals surface area contributed by atoms with Crippen molar-refractivity contribution in [2.45, 2.75) is 49.7 Å². The van der Waals surface area contributed by atoms with E-state index in [0.717, 1.165) is 30.9 Å². The summed E-state index contributed by atoms with van der Waals surface area (Å²) in [5, 5.41) is 9.75. The molecule has 36 heavy (non-hydrogen) atoms. The third-order valence-electron chi connectivity index (χ3n) is 7.80. The number of carbonyl (C=O) groups is 3. The molecule has 0 aromatic heterocycles. The van der Waals surface area contributed by atoms with E-state index in [9.17, 15) is 19.5 Å². The molecule has 0 saturated carbocycles. The van der Waals surface area contributed by atoms with Crippen molar-refractivity contribution >= 4 is 40.9 Å². The van der Waals surface area contributed by atoms with Crippen LogP contribution in [0, 0.1) is 11.8 Å². The highest BCUT2D eigenvalue weighted by Crippen LogP contribution is 2.66. The van der Waals surface area contributed by atoms with Crippen LogP contribution in [-0.2, 0) is 19.1 Å². The Morgan fingerprint density at radius 1 is 1.22 bits per heavy atom. The van der Waals surface area contributed by atoms with E-state index in [4.69, 9.17) is 4.74 Å². The average molecular weight is 516 g/mol. The molecule has 4 rings (SSSR count). The minimum Gasteiger partial charge on any atom is -0.466 e. The number of likely N-dealkylation sites (tertiary alicyclic amines) is 1. The lowest BCUT2D eigenvalue weighted by Crippen LogP contribution is -2.55. The van der Waals surface area contributed by atoms with E-state index in [0.29, 0.717) is 6.42 Å². The van der Waals surface area contributed by atoms with Gasteiger partial charge in [-0.2, -0.15) is 0 Å². The Morgan fingerprint density at radius 2 is 1.89 bits per heavy atom. The largest absolute Gasteiger partial charge is 0.466 e. The van der Waals surface area contributed by atoms with E-state index in [-0.39, 0.29) is 49.3 Å². The first-order chi connectivity index (χ1) is 17.4. The molecule has 2 bridgehead atoms. The zero-order valence-electron chi connectivity index (χ0n) is 21.4. The van der Waals surface area contributed by atoms with Crippen LogP contribution in [0.15, 0.2) is 36.9 Å². The number of amides is 2. The molecule has 5 atom stereocenters. The number of anilines is 2. The number of thioether (sulfide) groups is 1. The zero-order valence-corrected chi connectivity index (χ0v) is 22.2. The van der Waals surface area contributed by atoms with E-state index >= 15 is 0 Å². The Kier molecular flexibility index (Phi) is 7.99. The van der Waals surface area contributed by atoms with Crippen molar-refractivity contribution in [2.24, 2.45) is 11.8 Å². The van der Waals surface area contributed by atoms with Crippen molar-refractivity contribution < 1.29 is 24.2 Å². The van der Waals surface area contributed by atoms with Gasteiger partial charge in [0.25, 0.3) is 5.91 Å². The van der Waals surface area contributed by atoms with Crippen molar-refractivity contribution in [2.75, 3.05) is 49.2 Å². The maximum absolute atomic E-state index is 14.3. The van der Waals surface area contributed by atoms with E-state index in [2.05, 4.69) is 25.3 Å². The van der Waals surface area contributed by atoms with Gasteiger partial charge in [-0.1, -0.05) is 6.08 Å². The Hall–Kier alpha value is -2.52. The van der Waals surface area contributed by atoms with Gasteiger partial charge in [0.05, 0.1) is 29.8 Å². The van der Waals surface area contributed by atoms with Gasteiger partial charge in [-0.25, -0.2) is 0 Å². The summed E-state index contributed by atoms with van der Waals surface area (Å²) in [7, 11) is 0. The number of rotatable bonds is 11. The minimum absolute atomic E-state index is 0.0363. The summed E-state index contributed by atoms with van der Waals surface area (Å²) in [4.78, 5) is 46.3. The molecule has 1 N–H and O–H groups in total. The first-order valence-electron chi connectivity index (χ1n) is 12.9. The molecule has 2 amide bonds. The molecule has 0 radical (unpaired) electrons. The lowest BCUT2D eigenvalue weighted by Gasteiger charge is -2.37. The van der Waals surface area contributed by atoms with Gasteiger partial charge in [0, 0.05) is 42.8 Å². The van der Waals surface area contributed by atoms with Crippen LogP contribution in [0.1, 0.15) is 33.6 Å². The van der Waals surface area contributed by atoms with Crippen molar-refractivity contribution in [3.05, 3.63) is 36.9 Å². The van der Waals surface area contributed by atoms with Crippen LogP contribution in [0.4, 0.5) is 11.4 Å². The van der Waals surface area contributed by atoms with E-state index in [1.54, 1.807) is 29.7 Å². The molecule has 1 spiro atoms. The number of aliphatic hydroxyl groups excluding tert-OH is 1. The number of fused-ring (bicyclic) bond motifs is 1. The average Bonchev–Trinajstić information content (AvgIpc) is 3.52. The molecule has 196 valence electrons. The quantitative estimate of drug-likeness (QED) is 0.358. The molecule has 3 aliphatic heterocycles. The number of aliphatic hydroxyl groups is 1. The number of ether oxygens (including phenoxy) is 1. The fourth-order valence-electron chi connectivity index (χ4n) is 6.32. The second kappa shape index (κ2) is 10.8. The third-order valence-corrected chi connectivity index (χ3v) is 9.75. The smallest absolute Gasteiger partial charge is 0.310 e. The van der Waals surface area contributed by atoms with Gasteiger partial charge in [0.1, 0.15) is 6.04 Å². The number of carbonyl (C=O) groups excluding carboxylic acids is 3. The van der Waals surface area contributed by atoms with Gasteiger partial charge in [0.15, 0.2) is 0 Å². The monoisotopic (exact) mass is 515 g/mol. The van der Waals surface area contributed by atoms with Crippen LogP contribution < -0.4 is 9.80 Å². The molecule has 2 unspecified atom stereocenters. The highest BCUT2D eigenvalue weighted by Gasteiger charge is 2.74. The summed E-state index contributed by atoms with van der Waals surface area (Å²) in [6, 6.07) is 7.10. The predicted molar refractivity (Wildman–Crippen MR) is 142 cm³/mol. The van der Waals surface area contributed by atoms with Crippen LogP contribution in [0.25, 0.3) is 0 Å². The fourth-order valence-corrected chi connectivity index (χ4v) is 8.52. The van der Waals surface area contributed by atoms with Crippen LogP contribution in [0.3, 0.4) is 0 Å². The topological polar surface area (TPSA) is 90.4 Å². The van der Waals surface area contributed by atoms with E-state index in [1.807, 2.05) is 24.3 Å². The molecular weight excluding hydrogens is 478 g/mol. The predicted octanol–water partition coefficient (Wildman–Crippen LogP) is 2.70. The van der Waals surface area contributed by atoms with Crippen molar-refractivity contribution in [1.82, 2.24) is 4.90 Å². The summed E-state index contributed by atoms with van der Waals surface area (Å²) >= 11 is 1.60. The van der Waals surface area contributed by atoms with Gasteiger partial charge in [-0.05, 0) is 57.9 Å². The highest BCUT2D eigenvalue weighted by atomic mass is 32.2. The molecule has 0 aliphatic carbocycles. The molecule has 1 aromatic rings. The number of nitrogens with zero attached hydrogens (tertiary/aromatic N) is 3. The molecule has 3 fully saturated rings. The van der Waals surface area contributed by atoms with E-state index in [1.165, 1.54) is 4.90 Å². The minimum atomic E-state index is -0.765. The van der Waals surface area contributed by atoms with Crippen LogP contribution in [0.2, 0.25) is 0 Å². The maximum atomic E-state index is 14.3. The molecule has 8 nitrogen and oxygen atoms in total. The van der Waals surface area contributed by atoms with Gasteiger partial charge in [-0.15, -0.1) is 18.3 Å². The second-order valence-corrected chi connectivity index (χ2v) is 11.1. The number of esters is 1. The van der Waals surface area contributed by atoms with Crippen molar-refractivity contribution in [3.8, 4) is 0 Å². The highest BCUT2D eigenvalue weighted by molar-refractivity contribution is 8.02. The summed E-state index contributed by atoms with van der Waals surface area (Å²) in [5.74, 6) is -1.97. The molecule has 3 aliphatic rings. The second-order valence-electron chi connectivity index (χ2n) is 9.49. The first kappa shape index (κ1) is 26.5. The fraction of sp³-hybridized carbons (Fsp3) is 0.593. The maximum Gasteiger partial charge on any atom is 0.310 e. The Bertz CT molecular complexity index is 998. The zero-order chi connectivity index (χ0) is 26.0. The van der Waals surface area contributed by atoms with Crippen LogP contribution >= 0.6 is 11.8 Å². The summed E-state index contributed by atoms with van der Waals surface area (Å²) in [5.41, 5.74) is 1.81. The standard InChI is InChI=1S/C27H37N3O5S/c1-5-15-29(19-11-9-18(10-12-19)28(6-2)7-3)25(33)23-27-14-13-20(36-27)21(26(34)35-8-4)22(27)24(32)30(23)16-17-31/h5,9-12,20-23,31H,1,6-8,13-17H2,2-4H3/t20-,21+,22+,23?,27?/m1/s1. The molecular formula is C27H37N3O5S. The van der Waals surface area contributed by atoms with Gasteiger partial charge in [-0.3, -0.25) is 14.4 Å². The van der Waals surface area contributed by atoms with Gasteiger partial charge >= 0.3 is 5.97 Å². The molecule has 3 heterocycles. The first-order valence-corrected chi connectivity index (χ1v) is 13.8. The lowest BCUT2D eigenvalue weighted by molar-refractivity contribution is -0.153. The number of hydrogen-bond donors (Lipinski definition) is 1. The van der Waals surface area contributed by atoms with Crippen LogP contribution in [-0.4, -0.2) is 83.2 Å². The normalized spacial score (nSPS) is 28.2. The Morgan fingerprint density at radius 3 is 2.47 bits per heavy atom. The lowest BCUT2D eigenvalue weighted by atomic mass is 9.71. The summed E-state index contributed by atoms with van der Waals surface area (Å²) in [6.45, 7) is 11.9. The Labute approximate surface area is 217 Å². The van der Waals surface area contributed by atoms with Crippen molar-refractivity contribution in [1.29, 1.82) is 0 Å². The molecule has 3 saturated heterocycles. The summed E-state index contributed by atoms with van der Waals surface area (Å²) < 4.78 is 4.64. The summed E-state index contributed by atoms with van der Waals surface area (Å²) in [6.07, 6.45) is 3.11. The van der Waals surface area contributed by atoms with Crippen LogP contribution in [0.5, 0.6) is 0 Å². The van der Waals surface area contributed by atoms with Crippen molar-refractivity contribution in [3.63, 3.8) is 0 Å². The number of hydrogen-bond acceptors (Lipinski definition) is 7. The molecule has 9 heteroatoms. The number of benzene rings is 1. The third kappa shape index (κ3) is 4.20. The SMILES string of the molecule is C=CCN(C(=O)C1N(CCO)C(=O)[C@@H]2[C@@H](C(=O)OCC)[C@H]3CCC12S3)c1ccc(N(CC)CC)cc1. The van der Waals surface area contributed by atoms with Gasteiger partial charge < -0.3 is 24.5 Å². The molecule has 1 aromatic carbocycles. The van der Waals surface area contributed by atoms with E-state index < -0.39 is 22.6 Å². The Balaban J connectivity index is 1.70.